The lowest BCUT2D eigenvalue weighted by molar-refractivity contribution is 0.0504. The van der Waals surface area contributed by atoms with Gasteiger partial charge in [0.2, 0.25) is 16.7 Å². The Labute approximate surface area is 330 Å². The normalized spacial score (nSPS) is 19.7. The lowest BCUT2D eigenvalue weighted by Gasteiger charge is -2.31. The van der Waals surface area contributed by atoms with Crippen LogP contribution in [0.2, 0.25) is 0 Å². The number of carbonyl (C=O) groups excluding carboxylic acids is 1. The van der Waals surface area contributed by atoms with Gasteiger partial charge in [-0.2, -0.15) is 4.39 Å². The maximum Gasteiger partial charge on any atom is 0.407 e. The zero-order valence-corrected chi connectivity index (χ0v) is 32.7. The van der Waals surface area contributed by atoms with Crippen molar-refractivity contribution in [3.05, 3.63) is 73.6 Å². The van der Waals surface area contributed by atoms with E-state index in [1.54, 1.807) is 11.5 Å². The number of benzene rings is 2. The topological polar surface area (TPSA) is 205 Å². The molecule has 5 heterocycles. The van der Waals surface area contributed by atoms with E-state index in [9.17, 15) is 42.3 Å². The van der Waals surface area contributed by atoms with Crippen LogP contribution in [0.3, 0.4) is 0 Å². The number of carboxylic acid groups (broad SMARTS) is 2. The molecule has 4 aromatic rings. The number of hydrogen-bond donors (Lipinski definition) is 4. The van der Waals surface area contributed by atoms with Crippen LogP contribution in [0, 0.1) is 17.5 Å². The molecule has 5 N–H and O–H groups in total. The van der Waals surface area contributed by atoms with Crippen molar-refractivity contribution in [2.24, 2.45) is 5.73 Å². The Morgan fingerprint density at radius 1 is 0.828 bits per heavy atom. The molecule has 2 aromatic carbocycles. The summed E-state index contributed by atoms with van der Waals surface area (Å²) in [5, 5.41) is 21.0. The van der Waals surface area contributed by atoms with Gasteiger partial charge in [0.25, 0.3) is 0 Å². The Hall–Kier alpha value is -5.78. The fraction of sp³-hybridized carbons (Fsp3) is 0.475. The van der Waals surface area contributed by atoms with Crippen LogP contribution in [0.25, 0.3) is 21.8 Å². The van der Waals surface area contributed by atoms with Crippen molar-refractivity contribution in [3.63, 3.8) is 0 Å². The number of amides is 1. The summed E-state index contributed by atoms with van der Waals surface area (Å²) in [5.41, 5.74) is 3.94. The van der Waals surface area contributed by atoms with E-state index in [0.717, 1.165) is 31.5 Å². The minimum Gasteiger partial charge on any atom is -0.487 e. The van der Waals surface area contributed by atoms with E-state index in [2.05, 4.69) is 5.32 Å². The molecule has 2 aromatic heterocycles. The van der Waals surface area contributed by atoms with Gasteiger partial charge in [0.05, 0.1) is 33.9 Å². The summed E-state index contributed by atoms with van der Waals surface area (Å²) in [6.07, 6.45) is 7.57. The number of aromatic carboxylic acids is 2. The van der Waals surface area contributed by atoms with Gasteiger partial charge in [-0.1, -0.05) is 12.8 Å². The highest BCUT2D eigenvalue weighted by atomic mass is 19.2. The first-order valence-corrected chi connectivity index (χ1v) is 19.0. The van der Waals surface area contributed by atoms with Crippen LogP contribution in [-0.2, 0) is 4.74 Å². The van der Waals surface area contributed by atoms with Gasteiger partial charge < -0.3 is 49.5 Å². The van der Waals surface area contributed by atoms with Crippen molar-refractivity contribution < 1.29 is 52.0 Å². The summed E-state index contributed by atoms with van der Waals surface area (Å²) < 4.78 is 61.3. The Balaban J connectivity index is 0.000000154. The molecule has 0 bridgehead atoms. The standard InChI is InChI=1S/C17H18FN3O4.C13H9F2NO4.C10H19NO2/c1-8-7-25-16-13-10(15(22)11(17(23)24)6-21(8)13)4-12(18)14(16)20-3-2-9(19)5-20;1-5-4-20-12-9(15)8(14)2-6-10(12)16(5)3-7(11(6)17)13(18)19;1-10(2,3)13-9(12)11-8-6-4-5-7-8/h4,6,8-9H,2-3,5,7,19H2,1H3,(H,23,24);2-3,5H,4H2,1H3,(H,18,19);8H,4-7H2,1-3H3,(H,11,12)/t8-,9+;5-;/m00./s1. The predicted octanol–water partition coefficient (Wildman–Crippen LogP) is 5.71. The number of nitrogens with one attached hydrogen (secondary N) is 1. The van der Waals surface area contributed by atoms with Crippen molar-refractivity contribution in [1.29, 1.82) is 0 Å². The molecule has 18 heteroatoms. The molecule has 0 radical (unpaired) electrons. The number of halogens is 3. The third-order valence-electron chi connectivity index (χ3n) is 10.3. The summed E-state index contributed by atoms with van der Waals surface area (Å²) in [4.78, 5) is 60.1. The predicted molar refractivity (Wildman–Crippen MR) is 207 cm³/mol. The molecular formula is C40H46F3N5O10. The van der Waals surface area contributed by atoms with E-state index in [4.69, 9.17) is 25.1 Å². The summed E-state index contributed by atoms with van der Waals surface area (Å²) in [5.74, 6) is -5.83. The van der Waals surface area contributed by atoms with Gasteiger partial charge in [-0.15, -0.1) is 0 Å². The third kappa shape index (κ3) is 8.28. The minimum atomic E-state index is -1.41. The molecule has 312 valence electrons. The zero-order valence-electron chi connectivity index (χ0n) is 32.7. The largest absolute Gasteiger partial charge is 0.487 e. The zero-order chi connectivity index (χ0) is 42.4. The first kappa shape index (κ1) is 41.8. The van der Waals surface area contributed by atoms with Crippen molar-refractivity contribution in [1.82, 2.24) is 14.5 Å². The van der Waals surface area contributed by atoms with E-state index in [1.807, 2.05) is 32.6 Å². The van der Waals surface area contributed by atoms with Gasteiger partial charge in [-0.25, -0.2) is 23.2 Å². The van der Waals surface area contributed by atoms with E-state index in [-0.39, 0.29) is 76.4 Å². The summed E-state index contributed by atoms with van der Waals surface area (Å²) in [7, 11) is 0. The number of alkyl carbamates (subject to hydrolysis) is 1. The van der Waals surface area contributed by atoms with Crippen molar-refractivity contribution >= 4 is 45.5 Å². The molecule has 58 heavy (non-hydrogen) atoms. The number of ether oxygens (including phenoxy) is 3. The highest BCUT2D eigenvalue weighted by Crippen LogP contribution is 2.43. The van der Waals surface area contributed by atoms with Crippen LogP contribution in [0.15, 0.2) is 34.1 Å². The monoisotopic (exact) mass is 813 g/mol. The van der Waals surface area contributed by atoms with Crippen molar-refractivity contribution in [3.8, 4) is 11.5 Å². The first-order chi connectivity index (χ1) is 27.3. The van der Waals surface area contributed by atoms with Crippen LogP contribution < -0.4 is 36.3 Å². The minimum absolute atomic E-state index is 0.0196. The highest BCUT2D eigenvalue weighted by molar-refractivity contribution is 5.97. The molecule has 4 aliphatic rings. The number of carbonyl (C=O) groups is 3. The maximum absolute atomic E-state index is 14.9. The van der Waals surface area contributed by atoms with E-state index < -0.39 is 45.8 Å². The highest BCUT2D eigenvalue weighted by Gasteiger charge is 2.33. The number of anilines is 1. The number of carboxylic acids is 2. The molecule has 1 saturated heterocycles. The van der Waals surface area contributed by atoms with Gasteiger partial charge in [0, 0.05) is 37.6 Å². The number of pyridine rings is 2. The fourth-order valence-electron chi connectivity index (χ4n) is 7.54. The quantitative estimate of drug-likeness (QED) is 0.196. The molecule has 0 unspecified atom stereocenters. The van der Waals surface area contributed by atoms with Crippen LogP contribution in [0.4, 0.5) is 23.7 Å². The summed E-state index contributed by atoms with van der Waals surface area (Å²) in [6, 6.07) is 1.66. The van der Waals surface area contributed by atoms with Gasteiger partial charge in [0.1, 0.15) is 35.6 Å². The molecule has 1 aliphatic carbocycles. The number of nitrogens with two attached hydrogens (primary N) is 1. The summed E-state index contributed by atoms with van der Waals surface area (Å²) in [6.45, 7) is 10.6. The Morgan fingerprint density at radius 3 is 1.81 bits per heavy atom. The molecule has 1 saturated carbocycles. The second-order valence-corrected chi connectivity index (χ2v) is 15.9. The molecule has 2 fully saturated rings. The first-order valence-electron chi connectivity index (χ1n) is 19.0. The molecule has 3 atom stereocenters. The smallest absolute Gasteiger partial charge is 0.407 e. The van der Waals surface area contributed by atoms with Gasteiger partial charge in [0.15, 0.2) is 23.1 Å². The van der Waals surface area contributed by atoms with Crippen LogP contribution in [0.1, 0.15) is 99.5 Å². The lowest BCUT2D eigenvalue weighted by Crippen LogP contribution is -2.37. The van der Waals surface area contributed by atoms with Crippen molar-refractivity contribution in [2.75, 3.05) is 31.2 Å². The SMILES string of the molecule is CC(C)(C)OC(=O)NC1CCCC1.C[C@H]1COc2c(F)c(F)cc3c(=O)c(C(=O)O)cn1c23.C[C@H]1COc2c(N3CC[C@@H](N)C3)c(F)cc3c(=O)c(C(=O)O)cn1c23. The van der Waals surface area contributed by atoms with Gasteiger partial charge >= 0.3 is 18.0 Å². The Bertz CT molecular complexity index is 2420. The average Bonchev–Trinajstić information content (AvgIpc) is 3.82. The second kappa shape index (κ2) is 16.2. The van der Waals surface area contributed by atoms with Gasteiger partial charge in [-0.05, 0) is 66.0 Å². The fourth-order valence-corrected chi connectivity index (χ4v) is 7.54. The number of nitrogens with zero attached hydrogens (tertiary/aromatic N) is 3. The van der Waals surface area contributed by atoms with Gasteiger partial charge in [-0.3, -0.25) is 9.59 Å². The van der Waals surface area contributed by atoms with Crippen molar-refractivity contribution in [2.45, 2.75) is 96.5 Å². The molecular weight excluding hydrogens is 767 g/mol. The van der Waals surface area contributed by atoms with Crippen LogP contribution >= 0.6 is 0 Å². The molecule has 1 amide bonds. The third-order valence-corrected chi connectivity index (χ3v) is 10.3. The molecule has 0 spiro atoms. The van der Waals surface area contributed by atoms with E-state index >= 15 is 0 Å². The van der Waals surface area contributed by atoms with E-state index in [0.29, 0.717) is 36.4 Å². The summed E-state index contributed by atoms with van der Waals surface area (Å²) >= 11 is 0. The maximum atomic E-state index is 14.9. The molecule has 15 nitrogen and oxygen atoms in total. The van der Waals surface area contributed by atoms with Crippen LogP contribution in [0.5, 0.6) is 11.5 Å². The molecule has 8 rings (SSSR count). The molecule has 3 aliphatic heterocycles. The number of rotatable bonds is 4. The second-order valence-electron chi connectivity index (χ2n) is 15.9. The Morgan fingerprint density at radius 2 is 1.33 bits per heavy atom. The Kier molecular flexibility index (Phi) is 11.7. The lowest BCUT2D eigenvalue weighted by atomic mass is 10.1. The van der Waals surface area contributed by atoms with Crippen LogP contribution in [-0.4, -0.2) is 81.4 Å². The average molecular weight is 814 g/mol. The number of hydrogen-bond acceptors (Lipinski definition) is 10. The number of aromatic nitrogens is 2. The van der Waals surface area contributed by atoms with E-state index in [1.165, 1.54) is 23.6 Å².